The van der Waals surface area contributed by atoms with Gasteiger partial charge >= 0.3 is 0 Å². The van der Waals surface area contributed by atoms with Gasteiger partial charge in [0.2, 0.25) is 5.91 Å². The van der Waals surface area contributed by atoms with Crippen molar-refractivity contribution >= 4 is 23.5 Å². The highest BCUT2D eigenvalue weighted by Crippen LogP contribution is 2.55. The van der Waals surface area contributed by atoms with E-state index in [-0.39, 0.29) is 5.78 Å². The number of hydrogen-bond donors (Lipinski definition) is 1. The number of nitrogens with two attached hydrogens (primary N) is 1. The highest BCUT2D eigenvalue weighted by molar-refractivity contribution is 6.06. The third kappa shape index (κ3) is 3.34. The number of Topliss-reactive ketones (excluding diaryl/α,β-unsaturated/α-hetero) is 1. The lowest BCUT2D eigenvalue weighted by molar-refractivity contribution is -0.125. The number of carbonyl (C=O) groups is 2. The maximum atomic E-state index is 14.3. The summed E-state index contributed by atoms with van der Waals surface area (Å²) in [5.74, 6) is -0.687. The Morgan fingerprint density at radius 3 is 2.36 bits per heavy atom. The van der Waals surface area contributed by atoms with Crippen LogP contribution < -0.4 is 20.1 Å². The normalized spacial score (nSPS) is 23.8. The van der Waals surface area contributed by atoms with Gasteiger partial charge in [-0.05, 0) is 41.5 Å². The van der Waals surface area contributed by atoms with Gasteiger partial charge in [-0.15, -0.1) is 0 Å². The lowest BCUT2D eigenvalue weighted by atomic mass is 9.67. The maximum absolute atomic E-state index is 14.3. The lowest BCUT2D eigenvalue weighted by Gasteiger charge is -2.36. The predicted molar refractivity (Wildman–Crippen MR) is 136 cm³/mol. The van der Waals surface area contributed by atoms with E-state index in [1.165, 1.54) is 7.11 Å². The second-order valence-corrected chi connectivity index (χ2v) is 8.91. The van der Waals surface area contributed by atoms with Gasteiger partial charge in [0.1, 0.15) is 17.5 Å². The fourth-order valence-electron chi connectivity index (χ4n) is 5.56. The highest BCUT2D eigenvalue weighted by atomic mass is 16.5. The molecule has 0 spiro atoms. The van der Waals surface area contributed by atoms with E-state index in [2.05, 4.69) is 6.07 Å². The van der Waals surface area contributed by atoms with Crippen LogP contribution >= 0.6 is 0 Å². The van der Waals surface area contributed by atoms with Gasteiger partial charge in [-0.25, -0.2) is 0 Å². The van der Waals surface area contributed by atoms with Crippen LogP contribution in [0.1, 0.15) is 27.4 Å². The summed E-state index contributed by atoms with van der Waals surface area (Å²) in [6, 6.07) is 22.3. The number of nitriles is 1. The molecule has 2 aliphatic rings. The zero-order valence-corrected chi connectivity index (χ0v) is 19.9. The smallest absolute Gasteiger partial charge is 0.241 e. The first-order valence-electron chi connectivity index (χ1n) is 11.5. The minimum Gasteiger partial charge on any atom is -0.497 e. The van der Waals surface area contributed by atoms with Crippen molar-refractivity contribution in [3.05, 3.63) is 95.6 Å². The Kier molecular flexibility index (Phi) is 5.73. The molecule has 1 amide bonds. The topological polar surface area (TPSA) is 106 Å². The number of anilines is 1. The number of benzene rings is 3. The van der Waals surface area contributed by atoms with Gasteiger partial charge in [0.15, 0.2) is 11.2 Å². The molecule has 0 aromatic heterocycles. The summed E-state index contributed by atoms with van der Waals surface area (Å²) < 4.78 is 10.7. The highest BCUT2D eigenvalue weighted by Gasteiger charge is 2.65. The van der Waals surface area contributed by atoms with Crippen molar-refractivity contribution in [1.29, 1.82) is 5.26 Å². The summed E-state index contributed by atoms with van der Waals surface area (Å²) in [7, 11) is 3.10. The third-order valence-electron chi connectivity index (χ3n) is 7.24. The summed E-state index contributed by atoms with van der Waals surface area (Å²) in [6.07, 6.45) is 3.70. The Hall–Kier alpha value is -4.57. The van der Waals surface area contributed by atoms with Crippen LogP contribution in [-0.4, -0.2) is 38.0 Å². The number of ketones is 1. The number of primary amides is 1. The molecule has 0 unspecified atom stereocenters. The van der Waals surface area contributed by atoms with E-state index >= 15 is 0 Å². The zero-order chi connectivity index (χ0) is 25.4. The minimum atomic E-state index is -1.70. The Morgan fingerprint density at radius 2 is 1.69 bits per heavy atom. The van der Waals surface area contributed by atoms with Gasteiger partial charge in [-0.2, -0.15) is 5.26 Å². The Bertz CT molecular complexity index is 1410. The van der Waals surface area contributed by atoms with Crippen LogP contribution in [-0.2, 0) is 4.79 Å². The number of carbonyl (C=O) groups excluding carboxylic acids is 2. The van der Waals surface area contributed by atoms with Crippen molar-refractivity contribution in [2.45, 2.75) is 18.0 Å². The SMILES string of the molecule is COc1ccc([C@@H]2[C@H](C(=O)c3cccc(OC)c3)N3c4ccccc4C=C[C@H]3[C@@]2(C#N)C(N)=O)cc1. The number of nitrogens with zero attached hydrogens (tertiary/aromatic N) is 2. The van der Waals surface area contributed by atoms with E-state index in [0.29, 0.717) is 22.6 Å². The second kappa shape index (κ2) is 8.90. The summed E-state index contributed by atoms with van der Waals surface area (Å²) >= 11 is 0. The fraction of sp³-hybridized carbons (Fsp3) is 0.207. The van der Waals surface area contributed by atoms with Gasteiger partial charge in [0.25, 0.3) is 0 Å². The van der Waals surface area contributed by atoms with Gasteiger partial charge in [0, 0.05) is 17.2 Å². The number of fused-ring (bicyclic) bond motifs is 3. The van der Waals surface area contributed by atoms with Crippen molar-refractivity contribution < 1.29 is 19.1 Å². The third-order valence-corrected chi connectivity index (χ3v) is 7.24. The van der Waals surface area contributed by atoms with Crippen LogP contribution in [0.2, 0.25) is 0 Å². The van der Waals surface area contributed by atoms with E-state index in [0.717, 1.165) is 11.3 Å². The number of amides is 1. The molecular weight excluding hydrogens is 454 g/mol. The van der Waals surface area contributed by atoms with Crippen molar-refractivity contribution in [3.63, 3.8) is 0 Å². The molecule has 2 aliphatic heterocycles. The second-order valence-electron chi connectivity index (χ2n) is 8.91. The maximum Gasteiger partial charge on any atom is 0.241 e. The molecule has 1 saturated heterocycles. The Morgan fingerprint density at radius 1 is 0.972 bits per heavy atom. The predicted octanol–water partition coefficient (Wildman–Crippen LogP) is 3.95. The molecule has 0 bridgehead atoms. The van der Waals surface area contributed by atoms with Crippen LogP contribution in [0.15, 0.2) is 78.9 Å². The first kappa shape index (κ1) is 23.2. The largest absolute Gasteiger partial charge is 0.497 e. The number of para-hydroxylation sites is 1. The summed E-state index contributed by atoms with van der Waals surface area (Å²) in [5, 5.41) is 10.6. The molecule has 180 valence electrons. The molecule has 7 heteroatoms. The first-order valence-corrected chi connectivity index (χ1v) is 11.5. The molecule has 0 aliphatic carbocycles. The average Bonchev–Trinajstić information content (AvgIpc) is 3.24. The molecule has 3 aromatic carbocycles. The van der Waals surface area contributed by atoms with Crippen LogP contribution in [0, 0.1) is 16.7 Å². The quantitative estimate of drug-likeness (QED) is 0.537. The average molecular weight is 480 g/mol. The van der Waals surface area contributed by atoms with Crippen molar-refractivity contribution in [1.82, 2.24) is 0 Å². The van der Waals surface area contributed by atoms with Crippen molar-refractivity contribution in [2.75, 3.05) is 19.1 Å². The summed E-state index contributed by atoms with van der Waals surface area (Å²) in [6.45, 7) is 0. The summed E-state index contributed by atoms with van der Waals surface area (Å²) in [4.78, 5) is 29.4. The van der Waals surface area contributed by atoms with E-state index in [1.807, 2.05) is 41.3 Å². The summed E-state index contributed by atoms with van der Waals surface area (Å²) in [5.41, 5.74) is 7.05. The van der Waals surface area contributed by atoms with Gasteiger partial charge < -0.3 is 20.1 Å². The number of rotatable bonds is 6. The van der Waals surface area contributed by atoms with E-state index in [9.17, 15) is 14.9 Å². The molecule has 0 saturated carbocycles. The standard InChI is InChI=1S/C29H25N3O4/c1-35-21-13-10-19(11-14-21)25-26(27(33)20-7-5-8-22(16-20)36-2)32-23-9-4-3-6-18(23)12-15-24(32)29(25,17-30)28(31)34/h3-16,24-26H,1-2H3,(H2,31,34)/t24-,25+,26+,29+/m0/s1. The van der Waals surface area contributed by atoms with E-state index in [1.54, 1.807) is 55.6 Å². The fourth-order valence-corrected chi connectivity index (χ4v) is 5.56. The minimum absolute atomic E-state index is 0.233. The van der Waals surface area contributed by atoms with Gasteiger partial charge in [-0.1, -0.05) is 54.6 Å². The molecule has 5 rings (SSSR count). The van der Waals surface area contributed by atoms with Crippen LogP contribution in [0.25, 0.3) is 6.08 Å². The molecule has 0 radical (unpaired) electrons. The molecule has 4 atom stereocenters. The van der Waals surface area contributed by atoms with Gasteiger partial charge in [0.05, 0.1) is 26.3 Å². The number of hydrogen-bond acceptors (Lipinski definition) is 6. The van der Waals surface area contributed by atoms with E-state index in [4.69, 9.17) is 15.2 Å². The van der Waals surface area contributed by atoms with Crippen LogP contribution in [0.3, 0.4) is 0 Å². The zero-order valence-electron chi connectivity index (χ0n) is 19.9. The Labute approximate surface area is 209 Å². The molecule has 2 N–H and O–H groups in total. The molecule has 2 heterocycles. The molecule has 3 aromatic rings. The molecule has 1 fully saturated rings. The Balaban J connectivity index is 1.78. The molecule has 36 heavy (non-hydrogen) atoms. The first-order chi connectivity index (χ1) is 17.5. The molecular formula is C29H25N3O4. The van der Waals surface area contributed by atoms with Crippen molar-refractivity contribution in [2.24, 2.45) is 11.1 Å². The van der Waals surface area contributed by atoms with Crippen molar-refractivity contribution in [3.8, 4) is 17.6 Å². The lowest BCUT2D eigenvalue weighted by Crippen LogP contribution is -2.49. The van der Waals surface area contributed by atoms with Crippen LogP contribution in [0.4, 0.5) is 5.69 Å². The molecule has 7 nitrogen and oxygen atoms in total. The van der Waals surface area contributed by atoms with E-state index < -0.39 is 29.3 Å². The van der Waals surface area contributed by atoms with Crippen LogP contribution in [0.5, 0.6) is 11.5 Å². The number of ether oxygens (including phenoxy) is 2. The monoisotopic (exact) mass is 479 g/mol. The van der Waals surface area contributed by atoms with Gasteiger partial charge in [-0.3, -0.25) is 9.59 Å². The number of methoxy groups -OCH3 is 2.